The number of nitrogens with zero attached hydrogens (tertiary/aromatic N) is 2. The highest BCUT2D eigenvalue weighted by molar-refractivity contribution is 8.00. The highest BCUT2D eigenvalue weighted by atomic mass is 32.2. The lowest BCUT2D eigenvalue weighted by atomic mass is 10.2. The molecule has 4 rings (SSSR count). The Morgan fingerprint density at radius 1 is 0.933 bits per heavy atom. The minimum Gasteiger partial charge on any atom is -0.489 e. The van der Waals surface area contributed by atoms with E-state index in [2.05, 4.69) is 15.3 Å². The van der Waals surface area contributed by atoms with Crippen LogP contribution >= 0.6 is 11.8 Å². The van der Waals surface area contributed by atoms with Gasteiger partial charge in [-0.2, -0.15) is 0 Å². The molecule has 1 heterocycles. The number of thioether (sulfide) groups is 1. The molecule has 4 aromatic rings. The van der Waals surface area contributed by atoms with Gasteiger partial charge in [-0.25, -0.2) is 9.97 Å². The molecule has 0 atom stereocenters. The van der Waals surface area contributed by atoms with Gasteiger partial charge in [-0.1, -0.05) is 60.3 Å². The van der Waals surface area contributed by atoms with Crippen LogP contribution in [0.5, 0.6) is 5.75 Å². The second-order valence-electron chi connectivity index (χ2n) is 6.73. The molecule has 0 fully saturated rings. The highest BCUT2D eigenvalue weighted by Crippen LogP contribution is 2.25. The van der Waals surface area contributed by atoms with Crippen LogP contribution in [0.15, 0.2) is 83.9 Å². The largest absolute Gasteiger partial charge is 0.489 e. The van der Waals surface area contributed by atoms with Crippen molar-refractivity contribution >= 4 is 34.3 Å². The van der Waals surface area contributed by atoms with Crippen LogP contribution in [-0.4, -0.2) is 21.6 Å². The van der Waals surface area contributed by atoms with Crippen molar-refractivity contribution in [1.82, 2.24) is 9.97 Å². The molecular weight excluding hydrogens is 394 g/mol. The van der Waals surface area contributed by atoms with Gasteiger partial charge in [0, 0.05) is 11.1 Å². The van der Waals surface area contributed by atoms with E-state index in [1.54, 1.807) is 0 Å². The first kappa shape index (κ1) is 19.9. The topological polar surface area (TPSA) is 64.1 Å². The molecule has 0 aliphatic heterocycles. The molecule has 0 saturated carbocycles. The van der Waals surface area contributed by atoms with E-state index in [4.69, 9.17) is 4.74 Å². The maximum Gasteiger partial charge on any atom is 0.234 e. The maximum atomic E-state index is 12.4. The van der Waals surface area contributed by atoms with Crippen LogP contribution in [-0.2, 0) is 11.4 Å². The number of anilines is 1. The van der Waals surface area contributed by atoms with Gasteiger partial charge in [0.15, 0.2) is 0 Å². The van der Waals surface area contributed by atoms with Crippen molar-refractivity contribution < 1.29 is 9.53 Å². The Labute approximate surface area is 179 Å². The van der Waals surface area contributed by atoms with Crippen molar-refractivity contribution in [1.29, 1.82) is 0 Å². The van der Waals surface area contributed by atoms with Crippen LogP contribution in [0, 0.1) is 6.92 Å². The molecule has 1 aromatic heterocycles. The van der Waals surface area contributed by atoms with E-state index in [1.165, 1.54) is 11.8 Å². The summed E-state index contributed by atoms with van der Waals surface area (Å²) in [7, 11) is 0. The van der Waals surface area contributed by atoms with Crippen molar-refractivity contribution in [2.24, 2.45) is 0 Å². The molecule has 1 amide bonds. The molecule has 0 bridgehead atoms. The molecule has 0 unspecified atom stereocenters. The van der Waals surface area contributed by atoms with Gasteiger partial charge in [-0.05, 0) is 42.8 Å². The SMILES string of the molecule is Cc1nc(SCC(=O)Nc2ccc(OCc3ccccc3)cc2)c2ccccc2n1. The maximum absolute atomic E-state index is 12.4. The molecule has 0 radical (unpaired) electrons. The van der Waals surface area contributed by atoms with Gasteiger partial charge in [-0.15, -0.1) is 0 Å². The number of para-hydroxylation sites is 1. The Balaban J connectivity index is 1.32. The van der Waals surface area contributed by atoms with E-state index < -0.39 is 0 Å². The summed E-state index contributed by atoms with van der Waals surface area (Å²) >= 11 is 1.41. The van der Waals surface area contributed by atoms with Gasteiger partial charge in [-0.3, -0.25) is 4.79 Å². The van der Waals surface area contributed by atoms with Crippen LogP contribution in [0.4, 0.5) is 5.69 Å². The molecule has 0 spiro atoms. The summed E-state index contributed by atoms with van der Waals surface area (Å²) in [5, 5.41) is 4.69. The van der Waals surface area contributed by atoms with Crippen LogP contribution in [0.3, 0.4) is 0 Å². The van der Waals surface area contributed by atoms with Crippen LogP contribution in [0.2, 0.25) is 0 Å². The Morgan fingerprint density at radius 2 is 1.67 bits per heavy atom. The molecule has 0 aliphatic rings. The summed E-state index contributed by atoms with van der Waals surface area (Å²) in [5.41, 5.74) is 2.73. The molecule has 5 nitrogen and oxygen atoms in total. The smallest absolute Gasteiger partial charge is 0.234 e. The van der Waals surface area contributed by atoms with Crippen molar-refractivity contribution in [3.8, 4) is 5.75 Å². The minimum absolute atomic E-state index is 0.0849. The Kier molecular flexibility index (Phi) is 6.25. The van der Waals surface area contributed by atoms with E-state index in [9.17, 15) is 4.79 Å². The van der Waals surface area contributed by atoms with Crippen LogP contribution in [0.1, 0.15) is 11.4 Å². The molecule has 3 aromatic carbocycles. The fourth-order valence-electron chi connectivity index (χ4n) is 2.97. The van der Waals surface area contributed by atoms with Crippen molar-refractivity contribution in [3.05, 3.63) is 90.3 Å². The number of hydrogen-bond donors (Lipinski definition) is 1. The van der Waals surface area contributed by atoms with Crippen LogP contribution < -0.4 is 10.1 Å². The number of aromatic nitrogens is 2. The predicted molar refractivity (Wildman–Crippen MR) is 121 cm³/mol. The van der Waals surface area contributed by atoms with Crippen molar-refractivity contribution in [2.75, 3.05) is 11.1 Å². The monoisotopic (exact) mass is 415 g/mol. The number of hydrogen-bond acceptors (Lipinski definition) is 5. The minimum atomic E-state index is -0.0849. The van der Waals surface area contributed by atoms with E-state index in [-0.39, 0.29) is 11.7 Å². The fourth-order valence-corrected chi connectivity index (χ4v) is 3.84. The van der Waals surface area contributed by atoms with Crippen LogP contribution in [0.25, 0.3) is 10.9 Å². The number of amides is 1. The van der Waals surface area contributed by atoms with Gasteiger partial charge >= 0.3 is 0 Å². The molecule has 0 saturated heterocycles. The first-order valence-corrected chi connectivity index (χ1v) is 10.6. The normalized spacial score (nSPS) is 10.7. The van der Waals surface area contributed by atoms with E-state index in [0.29, 0.717) is 12.4 Å². The summed E-state index contributed by atoms with van der Waals surface area (Å²) in [4.78, 5) is 21.3. The molecule has 0 aliphatic carbocycles. The second kappa shape index (κ2) is 9.41. The number of rotatable bonds is 7. The summed E-state index contributed by atoms with van der Waals surface area (Å²) in [6.07, 6.45) is 0. The first-order chi connectivity index (χ1) is 14.7. The van der Waals surface area contributed by atoms with E-state index in [0.717, 1.165) is 32.9 Å². The summed E-state index contributed by atoms with van der Waals surface area (Å²) in [6.45, 7) is 2.37. The van der Waals surface area contributed by atoms with Gasteiger partial charge in [0.05, 0.1) is 11.3 Å². The van der Waals surface area contributed by atoms with Gasteiger partial charge in [0.25, 0.3) is 0 Å². The summed E-state index contributed by atoms with van der Waals surface area (Å²) in [6, 6.07) is 25.2. The van der Waals surface area contributed by atoms with E-state index >= 15 is 0 Å². The van der Waals surface area contributed by atoms with Crippen molar-refractivity contribution in [3.63, 3.8) is 0 Å². The highest BCUT2D eigenvalue weighted by Gasteiger charge is 2.09. The number of aryl methyl sites for hydroxylation is 1. The third kappa shape index (κ3) is 5.15. The number of ether oxygens (including phenoxy) is 1. The Bertz CT molecular complexity index is 1150. The molecule has 30 heavy (non-hydrogen) atoms. The lowest BCUT2D eigenvalue weighted by molar-refractivity contribution is -0.113. The number of fused-ring (bicyclic) bond motifs is 1. The lowest BCUT2D eigenvalue weighted by Gasteiger charge is -2.09. The molecule has 150 valence electrons. The number of carbonyl (C=O) groups excluding carboxylic acids is 1. The number of benzene rings is 3. The standard InChI is InChI=1S/C24H21N3O2S/c1-17-25-22-10-6-5-9-21(22)24(26-17)30-16-23(28)27-19-11-13-20(14-12-19)29-15-18-7-3-2-4-8-18/h2-14H,15-16H2,1H3,(H,27,28). The number of nitrogens with one attached hydrogen (secondary N) is 1. The van der Waals surface area contributed by atoms with Gasteiger partial charge < -0.3 is 10.1 Å². The second-order valence-corrected chi connectivity index (χ2v) is 7.69. The first-order valence-electron chi connectivity index (χ1n) is 9.60. The molecule has 1 N–H and O–H groups in total. The summed E-state index contributed by atoms with van der Waals surface area (Å²) in [5.74, 6) is 1.64. The fraction of sp³-hybridized carbons (Fsp3) is 0.125. The quantitative estimate of drug-likeness (QED) is 0.330. The lowest BCUT2D eigenvalue weighted by Crippen LogP contribution is -2.14. The number of carbonyl (C=O) groups is 1. The Morgan fingerprint density at radius 3 is 2.47 bits per heavy atom. The zero-order valence-corrected chi connectivity index (χ0v) is 17.4. The average Bonchev–Trinajstić information content (AvgIpc) is 2.77. The molecular formula is C24H21N3O2S. The zero-order valence-electron chi connectivity index (χ0n) is 16.5. The average molecular weight is 416 g/mol. The van der Waals surface area contributed by atoms with E-state index in [1.807, 2.05) is 85.8 Å². The predicted octanol–water partition coefficient (Wildman–Crippen LogP) is 5.25. The Hall–Kier alpha value is -3.38. The van der Waals surface area contributed by atoms with Gasteiger partial charge in [0.1, 0.15) is 23.2 Å². The molecule has 6 heteroatoms. The zero-order chi connectivity index (χ0) is 20.8. The van der Waals surface area contributed by atoms with Gasteiger partial charge in [0.2, 0.25) is 5.91 Å². The third-order valence-corrected chi connectivity index (χ3v) is 5.40. The third-order valence-electron chi connectivity index (χ3n) is 4.41. The summed E-state index contributed by atoms with van der Waals surface area (Å²) < 4.78 is 5.78. The van der Waals surface area contributed by atoms with Crippen molar-refractivity contribution in [2.45, 2.75) is 18.6 Å².